The average molecular weight is 523 g/mol. The van der Waals surface area contributed by atoms with Crippen molar-refractivity contribution in [2.75, 3.05) is 17.2 Å². The molecule has 0 unspecified atom stereocenters. The maximum atomic E-state index is 12.6. The van der Waals surface area contributed by atoms with Gasteiger partial charge in [0, 0.05) is 11.3 Å². The summed E-state index contributed by atoms with van der Waals surface area (Å²) in [6, 6.07) is 15.3. The lowest BCUT2D eigenvalue weighted by Gasteiger charge is -2.13. The van der Waals surface area contributed by atoms with Crippen molar-refractivity contribution in [1.82, 2.24) is 0 Å². The molecule has 37 heavy (non-hydrogen) atoms. The van der Waals surface area contributed by atoms with E-state index in [4.69, 9.17) is 4.74 Å². The Hall–Kier alpha value is -2.86. The molecule has 1 aromatic heterocycles. The molecule has 0 aliphatic heterocycles. The molecule has 1 heterocycles. The fraction of sp³-hybridized carbons (Fsp3) is 0.484. The summed E-state index contributed by atoms with van der Waals surface area (Å²) in [5.41, 5.74) is 4.71. The molecule has 2 N–H and O–H groups in total. The van der Waals surface area contributed by atoms with Crippen molar-refractivity contribution in [2.24, 2.45) is 0 Å². The van der Waals surface area contributed by atoms with Crippen LogP contribution in [0.4, 0.5) is 16.2 Å². The van der Waals surface area contributed by atoms with Crippen LogP contribution < -0.4 is 19.9 Å². The molecule has 0 spiro atoms. The number of carbonyl (C=O) groups is 1. The lowest BCUT2D eigenvalue weighted by atomic mass is 10.1. The highest BCUT2D eigenvalue weighted by molar-refractivity contribution is 7.07. The number of nitrogens with zero attached hydrogens (tertiary/aromatic N) is 1. The first-order valence-corrected chi connectivity index (χ1v) is 15.0. The molecule has 5 nitrogen and oxygen atoms in total. The van der Waals surface area contributed by atoms with E-state index in [0.717, 1.165) is 18.7 Å². The molecular formula is C31H44N3O2S+. The predicted octanol–water partition coefficient (Wildman–Crippen LogP) is 8.81. The number of anilines is 2. The molecule has 0 aliphatic rings. The Balaban J connectivity index is 1.29. The van der Waals surface area contributed by atoms with Gasteiger partial charge in [0.1, 0.15) is 5.75 Å². The molecule has 2 amide bonds. The number of para-hydroxylation sites is 2. The number of thiazole rings is 1. The molecule has 2 aromatic carbocycles. The van der Waals surface area contributed by atoms with Gasteiger partial charge in [0.2, 0.25) is 5.51 Å². The third-order valence-electron chi connectivity index (χ3n) is 6.49. The molecule has 6 heteroatoms. The van der Waals surface area contributed by atoms with E-state index in [2.05, 4.69) is 39.2 Å². The topological polar surface area (TPSA) is 54.2 Å². The Morgan fingerprint density at radius 3 is 2.11 bits per heavy atom. The summed E-state index contributed by atoms with van der Waals surface area (Å²) >= 11 is 1.67. The number of carbonyl (C=O) groups excluding carboxylic acids is 1. The van der Waals surface area contributed by atoms with Crippen LogP contribution in [0.25, 0.3) is 0 Å². The Kier molecular flexibility index (Phi) is 13.6. The number of urea groups is 1. The fourth-order valence-corrected chi connectivity index (χ4v) is 4.96. The monoisotopic (exact) mass is 522 g/mol. The standard InChI is InChI=1S/C31H43N3O2S/c1-2-3-4-5-6-7-8-9-10-11-12-15-23-36-30-17-14-13-16-29(30)33-31(35)32-28-20-18-27(19-21-28)25-34-22-24-37-26-34/h13-14,16-22,24,26H,2-12,15,23,25H2,1H3,(H-,32,33,35)/p+1. The van der Waals surface area contributed by atoms with E-state index < -0.39 is 0 Å². The van der Waals surface area contributed by atoms with Gasteiger partial charge < -0.3 is 15.4 Å². The number of benzene rings is 2. The minimum atomic E-state index is -0.277. The number of nitrogens with one attached hydrogen (secondary N) is 2. The van der Waals surface area contributed by atoms with Crippen molar-refractivity contribution in [2.45, 2.75) is 90.5 Å². The first-order valence-electron chi connectivity index (χ1n) is 14.0. The first kappa shape index (κ1) is 28.7. The van der Waals surface area contributed by atoms with Crippen molar-refractivity contribution in [3.63, 3.8) is 0 Å². The van der Waals surface area contributed by atoms with Gasteiger partial charge in [0.05, 0.1) is 17.7 Å². The summed E-state index contributed by atoms with van der Waals surface area (Å²) in [7, 11) is 0. The lowest BCUT2D eigenvalue weighted by molar-refractivity contribution is -0.683. The summed E-state index contributed by atoms with van der Waals surface area (Å²) in [6.07, 6.45) is 17.9. The van der Waals surface area contributed by atoms with Gasteiger partial charge >= 0.3 is 6.03 Å². The maximum absolute atomic E-state index is 12.6. The van der Waals surface area contributed by atoms with Crippen molar-refractivity contribution in [3.8, 4) is 5.75 Å². The molecule has 0 atom stereocenters. The van der Waals surface area contributed by atoms with Crippen molar-refractivity contribution < 1.29 is 14.1 Å². The Labute approximate surface area is 227 Å². The second-order valence-electron chi connectivity index (χ2n) is 9.71. The zero-order valence-corrected chi connectivity index (χ0v) is 23.2. The first-order chi connectivity index (χ1) is 18.2. The predicted molar refractivity (Wildman–Crippen MR) is 156 cm³/mol. The molecule has 3 aromatic rings. The van der Waals surface area contributed by atoms with Gasteiger partial charge in [0.15, 0.2) is 12.7 Å². The van der Waals surface area contributed by atoms with Crippen molar-refractivity contribution >= 4 is 28.7 Å². The summed E-state index contributed by atoms with van der Waals surface area (Å²) in [4.78, 5) is 12.6. The van der Waals surface area contributed by atoms with Crippen LogP contribution in [0.15, 0.2) is 65.6 Å². The number of hydrogen-bond donors (Lipinski definition) is 2. The van der Waals surface area contributed by atoms with Crippen LogP contribution in [0.5, 0.6) is 5.75 Å². The molecule has 0 radical (unpaired) electrons. The normalized spacial score (nSPS) is 10.8. The molecule has 0 saturated heterocycles. The van der Waals surface area contributed by atoms with E-state index >= 15 is 0 Å². The molecule has 0 saturated carbocycles. The lowest BCUT2D eigenvalue weighted by Crippen LogP contribution is -2.30. The zero-order chi connectivity index (χ0) is 26.0. The van der Waals surface area contributed by atoms with Gasteiger partial charge in [-0.15, -0.1) is 0 Å². The minimum absolute atomic E-state index is 0.277. The SMILES string of the molecule is CCCCCCCCCCCCCCOc1ccccc1NC(=O)Nc1ccc(C[n+]2ccsc2)cc1. The van der Waals surface area contributed by atoms with Crippen molar-refractivity contribution in [3.05, 3.63) is 71.2 Å². The van der Waals surface area contributed by atoms with Crippen LogP contribution in [0.2, 0.25) is 0 Å². The number of aromatic nitrogens is 1. The average Bonchev–Trinajstić information content (AvgIpc) is 3.42. The third-order valence-corrected chi connectivity index (χ3v) is 7.17. The Morgan fingerprint density at radius 1 is 0.811 bits per heavy atom. The van der Waals surface area contributed by atoms with E-state index in [9.17, 15) is 4.79 Å². The second-order valence-corrected chi connectivity index (χ2v) is 10.5. The van der Waals surface area contributed by atoms with E-state index in [1.807, 2.05) is 48.5 Å². The van der Waals surface area contributed by atoms with Crippen LogP contribution in [0.1, 0.15) is 89.5 Å². The number of ether oxygens (including phenoxy) is 1. The summed E-state index contributed by atoms with van der Waals surface area (Å²) < 4.78 is 8.13. The molecule has 3 rings (SSSR count). The summed E-state index contributed by atoms with van der Waals surface area (Å²) in [5.74, 6) is 0.712. The minimum Gasteiger partial charge on any atom is -0.491 e. The third kappa shape index (κ3) is 11.8. The molecule has 0 bridgehead atoms. The van der Waals surface area contributed by atoms with Gasteiger partial charge in [-0.05, 0) is 30.7 Å². The molecule has 0 aliphatic carbocycles. The van der Waals surface area contributed by atoms with Crippen LogP contribution >= 0.6 is 11.3 Å². The molecule has 200 valence electrons. The summed E-state index contributed by atoms with van der Waals surface area (Å²) in [5, 5.41) is 7.90. The molecule has 0 fully saturated rings. The van der Waals surface area contributed by atoms with Crippen LogP contribution in [-0.2, 0) is 6.54 Å². The largest absolute Gasteiger partial charge is 0.491 e. The number of unbranched alkanes of at least 4 members (excludes halogenated alkanes) is 11. The van der Waals surface area contributed by atoms with E-state index in [1.165, 1.54) is 76.2 Å². The number of amides is 2. The summed E-state index contributed by atoms with van der Waals surface area (Å²) in [6.45, 7) is 3.76. The van der Waals surface area contributed by atoms with Crippen LogP contribution in [-0.4, -0.2) is 12.6 Å². The fourth-order valence-electron chi connectivity index (χ4n) is 4.36. The van der Waals surface area contributed by atoms with Crippen LogP contribution in [0.3, 0.4) is 0 Å². The molecular weight excluding hydrogens is 478 g/mol. The van der Waals surface area contributed by atoms with Gasteiger partial charge in [-0.1, -0.05) is 113 Å². The highest BCUT2D eigenvalue weighted by Gasteiger charge is 2.09. The number of hydrogen-bond acceptors (Lipinski definition) is 3. The van der Waals surface area contributed by atoms with Gasteiger partial charge in [0.25, 0.3) is 0 Å². The highest BCUT2D eigenvalue weighted by Crippen LogP contribution is 2.24. The van der Waals surface area contributed by atoms with E-state index in [0.29, 0.717) is 18.0 Å². The zero-order valence-electron chi connectivity index (χ0n) is 22.4. The van der Waals surface area contributed by atoms with Gasteiger partial charge in [-0.3, -0.25) is 0 Å². The van der Waals surface area contributed by atoms with Crippen LogP contribution in [0, 0.1) is 0 Å². The highest BCUT2D eigenvalue weighted by atomic mass is 32.1. The quantitative estimate of drug-likeness (QED) is 0.129. The van der Waals surface area contributed by atoms with Crippen molar-refractivity contribution in [1.29, 1.82) is 0 Å². The van der Waals surface area contributed by atoms with E-state index in [-0.39, 0.29) is 6.03 Å². The number of rotatable bonds is 18. The van der Waals surface area contributed by atoms with E-state index in [1.54, 1.807) is 11.3 Å². The van der Waals surface area contributed by atoms with Gasteiger partial charge in [-0.2, -0.15) is 4.57 Å². The Morgan fingerprint density at radius 2 is 1.46 bits per heavy atom. The smallest absolute Gasteiger partial charge is 0.323 e. The van der Waals surface area contributed by atoms with Gasteiger partial charge in [-0.25, -0.2) is 4.79 Å². The maximum Gasteiger partial charge on any atom is 0.323 e. The Bertz CT molecular complexity index is 1010. The second kappa shape index (κ2) is 17.6.